The number of rotatable bonds is 6. The first-order chi connectivity index (χ1) is 13.2. The van der Waals surface area contributed by atoms with E-state index in [-0.39, 0.29) is 42.0 Å². The molecule has 2 aromatic rings. The number of hydrogen-bond donors (Lipinski definition) is 2. The summed E-state index contributed by atoms with van der Waals surface area (Å²) in [5, 5.41) is 6.16. The van der Waals surface area contributed by atoms with Crippen molar-refractivity contribution in [2.75, 3.05) is 20.1 Å². The molecule has 1 aromatic heterocycles. The largest absolute Gasteiger partial charge is 0.444 e. The van der Waals surface area contributed by atoms with Gasteiger partial charge in [-0.3, -0.25) is 4.79 Å². The van der Waals surface area contributed by atoms with E-state index < -0.39 is 0 Å². The Balaban J connectivity index is 0.00000420. The number of aliphatic imine (C=N–C) groups is 1. The molecule has 0 atom stereocenters. The van der Waals surface area contributed by atoms with E-state index in [1.54, 1.807) is 11.2 Å². The quantitative estimate of drug-likeness (QED) is 0.351. The van der Waals surface area contributed by atoms with Crippen LogP contribution in [0.15, 0.2) is 39.9 Å². The second-order valence-corrected chi connectivity index (χ2v) is 7.83. The molecule has 0 unspecified atom stereocenters. The van der Waals surface area contributed by atoms with Crippen LogP contribution >= 0.6 is 24.0 Å². The number of aryl methyl sites for hydroxylation is 1. The second-order valence-electron chi connectivity index (χ2n) is 7.83. The van der Waals surface area contributed by atoms with Crippen molar-refractivity contribution in [1.29, 1.82) is 0 Å². The highest BCUT2D eigenvalue weighted by molar-refractivity contribution is 14.0. The number of nitrogens with zero attached hydrogens (tertiary/aromatic N) is 3. The van der Waals surface area contributed by atoms with E-state index in [0.29, 0.717) is 24.9 Å². The van der Waals surface area contributed by atoms with E-state index in [2.05, 4.69) is 20.6 Å². The molecule has 0 saturated carbocycles. The Bertz CT molecular complexity index is 809. The maximum Gasteiger partial charge on any atom is 0.240 e. The number of hydrogen-bond acceptors (Lipinski definition) is 4. The van der Waals surface area contributed by atoms with E-state index in [1.165, 1.54) is 5.56 Å². The Labute approximate surface area is 190 Å². The fourth-order valence-corrected chi connectivity index (χ4v) is 2.58. The van der Waals surface area contributed by atoms with Gasteiger partial charge >= 0.3 is 0 Å². The molecule has 0 radical (unpaired) electrons. The molecule has 29 heavy (non-hydrogen) atoms. The zero-order valence-corrected chi connectivity index (χ0v) is 20.4. The first-order valence-corrected chi connectivity index (χ1v) is 9.50. The van der Waals surface area contributed by atoms with Crippen LogP contribution in [0.25, 0.3) is 11.5 Å². The Hall–Kier alpha value is -2.10. The lowest BCUT2D eigenvalue weighted by molar-refractivity contribution is -0.122. The van der Waals surface area contributed by atoms with Gasteiger partial charge in [0.25, 0.3) is 0 Å². The minimum atomic E-state index is -0.263. The molecule has 7 nitrogen and oxygen atoms in total. The topological polar surface area (TPSA) is 82.8 Å². The van der Waals surface area contributed by atoms with Crippen LogP contribution in [0, 0.1) is 6.92 Å². The number of oxazole rings is 1. The number of benzene rings is 1. The maximum atomic E-state index is 12.2. The predicted octanol–water partition coefficient (Wildman–Crippen LogP) is 3.58. The Morgan fingerprint density at radius 2 is 1.90 bits per heavy atom. The van der Waals surface area contributed by atoms with Gasteiger partial charge in [0.2, 0.25) is 11.8 Å². The number of guanidine groups is 1. The SMILES string of the molecule is CCNC(=NCc1coc(-c2ccc(C)cc2)n1)N(C)CC(=O)NC(C)(C)C.I. The summed E-state index contributed by atoms with van der Waals surface area (Å²) in [5.74, 6) is 1.17. The number of aromatic nitrogens is 1. The standard InChI is InChI=1S/C21H31N5O2.HI/c1-7-22-20(26(6)13-18(27)25-21(3,4)5)23-12-17-14-28-19(24-17)16-10-8-15(2)9-11-16;/h8-11,14H,7,12-13H2,1-6H3,(H,22,23)(H,25,27);1H. The predicted molar refractivity (Wildman–Crippen MR) is 127 cm³/mol. The lowest BCUT2D eigenvalue weighted by Gasteiger charge is -2.25. The number of carbonyl (C=O) groups is 1. The van der Waals surface area contributed by atoms with Crippen LogP contribution in [0.5, 0.6) is 0 Å². The van der Waals surface area contributed by atoms with Gasteiger partial charge in [0.05, 0.1) is 13.1 Å². The molecule has 0 bridgehead atoms. The fraction of sp³-hybridized carbons (Fsp3) is 0.476. The molecule has 0 aliphatic carbocycles. The Kier molecular flexibility index (Phi) is 9.61. The van der Waals surface area contributed by atoms with Gasteiger partial charge in [-0.2, -0.15) is 0 Å². The van der Waals surface area contributed by atoms with E-state index >= 15 is 0 Å². The monoisotopic (exact) mass is 513 g/mol. The zero-order chi connectivity index (χ0) is 20.7. The molecular formula is C21H32IN5O2. The summed E-state index contributed by atoms with van der Waals surface area (Å²) in [6, 6.07) is 8.02. The van der Waals surface area contributed by atoms with Gasteiger partial charge in [0, 0.05) is 24.7 Å². The third-order valence-electron chi connectivity index (χ3n) is 3.83. The lowest BCUT2D eigenvalue weighted by Crippen LogP contribution is -2.48. The average molecular weight is 513 g/mol. The van der Waals surface area contributed by atoms with Gasteiger partial charge in [-0.05, 0) is 46.8 Å². The van der Waals surface area contributed by atoms with Crippen LogP contribution in [0.1, 0.15) is 39.0 Å². The summed E-state index contributed by atoms with van der Waals surface area (Å²) in [5.41, 5.74) is 2.59. The van der Waals surface area contributed by atoms with Gasteiger partial charge in [0.15, 0.2) is 5.96 Å². The summed E-state index contributed by atoms with van der Waals surface area (Å²) in [7, 11) is 1.84. The Morgan fingerprint density at radius 1 is 1.24 bits per heavy atom. The summed E-state index contributed by atoms with van der Waals surface area (Å²) >= 11 is 0. The Morgan fingerprint density at radius 3 is 2.48 bits per heavy atom. The van der Waals surface area contributed by atoms with E-state index in [1.807, 2.05) is 65.9 Å². The van der Waals surface area contributed by atoms with Gasteiger partial charge in [-0.25, -0.2) is 9.98 Å². The molecule has 0 spiro atoms. The van der Waals surface area contributed by atoms with Crippen molar-refractivity contribution in [2.24, 2.45) is 4.99 Å². The molecular weight excluding hydrogens is 481 g/mol. The summed E-state index contributed by atoms with van der Waals surface area (Å²) in [6.07, 6.45) is 1.62. The summed E-state index contributed by atoms with van der Waals surface area (Å²) in [4.78, 5) is 23.1. The van der Waals surface area contributed by atoms with Crippen molar-refractivity contribution < 1.29 is 9.21 Å². The van der Waals surface area contributed by atoms with Gasteiger partial charge in [0.1, 0.15) is 12.0 Å². The molecule has 160 valence electrons. The highest BCUT2D eigenvalue weighted by Gasteiger charge is 2.17. The van der Waals surface area contributed by atoms with Crippen molar-refractivity contribution in [3.63, 3.8) is 0 Å². The van der Waals surface area contributed by atoms with Gasteiger partial charge < -0.3 is 20.0 Å². The third kappa shape index (κ3) is 8.43. The molecule has 0 fully saturated rings. The number of carbonyl (C=O) groups excluding carboxylic acids is 1. The van der Waals surface area contributed by atoms with Crippen LogP contribution in [0.3, 0.4) is 0 Å². The van der Waals surface area contributed by atoms with E-state index in [4.69, 9.17) is 4.42 Å². The third-order valence-corrected chi connectivity index (χ3v) is 3.83. The van der Waals surface area contributed by atoms with Crippen LogP contribution in [0.4, 0.5) is 0 Å². The number of nitrogens with one attached hydrogen (secondary N) is 2. The minimum Gasteiger partial charge on any atom is -0.444 e. The van der Waals surface area contributed by atoms with Crippen LogP contribution < -0.4 is 10.6 Å². The maximum absolute atomic E-state index is 12.2. The minimum absolute atomic E-state index is 0. The van der Waals surface area contributed by atoms with Gasteiger partial charge in [-0.1, -0.05) is 17.7 Å². The normalized spacial score (nSPS) is 11.6. The molecule has 0 aliphatic heterocycles. The first-order valence-electron chi connectivity index (χ1n) is 9.50. The number of amides is 1. The van der Waals surface area contributed by atoms with E-state index in [9.17, 15) is 4.79 Å². The molecule has 2 rings (SSSR count). The summed E-state index contributed by atoms with van der Waals surface area (Å²) < 4.78 is 5.58. The molecule has 0 aliphatic rings. The molecule has 1 amide bonds. The molecule has 2 N–H and O–H groups in total. The van der Waals surface area contributed by atoms with Crippen LogP contribution in [-0.4, -0.2) is 47.4 Å². The lowest BCUT2D eigenvalue weighted by atomic mass is 10.1. The van der Waals surface area contributed by atoms with E-state index in [0.717, 1.165) is 11.3 Å². The number of halogens is 1. The highest BCUT2D eigenvalue weighted by atomic mass is 127. The zero-order valence-electron chi connectivity index (χ0n) is 18.1. The molecule has 0 saturated heterocycles. The second kappa shape index (κ2) is 11.2. The van der Waals surface area contributed by atoms with Crippen molar-refractivity contribution in [3.8, 4) is 11.5 Å². The first kappa shape index (κ1) is 24.9. The van der Waals surface area contributed by atoms with Crippen LogP contribution in [0.2, 0.25) is 0 Å². The molecule has 1 aromatic carbocycles. The highest BCUT2D eigenvalue weighted by Crippen LogP contribution is 2.19. The fourth-order valence-electron chi connectivity index (χ4n) is 2.58. The van der Waals surface area contributed by atoms with Crippen molar-refractivity contribution >= 4 is 35.8 Å². The van der Waals surface area contributed by atoms with Crippen LogP contribution in [-0.2, 0) is 11.3 Å². The summed E-state index contributed by atoms with van der Waals surface area (Å²) in [6.45, 7) is 11.2. The molecule has 1 heterocycles. The van der Waals surface area contributed by atoms with Gasteiger partial charge in [-0.15, -0.1) is 24.0 Å². The average Bonchev–Trinajstić information content (AvgIpc) is 3.06. The smallest absolute Gasteiger partial charge is 0.240 e. The number of likely N-dealkylation sites (N-methyl/N-ethyl adjacent to an activating group) is 1. The van der Waals surface area contributed by atoms with Crippen molar-refractivity contribution in [1.82, 2.24) is 20.5 Å². The molecule has 8 heteroatoms. The van der Waals surface area contributed by atoms with Crippen molar-refractivity contribution in [2.45, 2.75) is 46.7 Å². The van der Waals surface area contributed by atoms with Crippen molar-refractivity contribution in [3.05, 3.63) is 41.8 Å².